The molecule has 1 saturated heterocycles. The number of piperidine rings is 1. The van der Waals surface area contributed by atoms with Crippen LogP contribution in [-0.2, 0) is 11.3 Å². The van der Waals surface area contributed by atoms with E-state index < -0.39 is 0 Å². The Balaban J connectivity index is 1.51. The van der Waals surface area contributed by atoms with Gasteiger partial charge in [0.05, 0.1) is 0 Å². The van der Waals surface area contributed by atoms with Crippen molar-refractivity contribution in [2.24, 2.45) is 0 Å². The average molecular weight is 332 g/mol. The van der Waals surface area contributed by atoms with Gasteiger partial charge in [-0.2, -0.15) is 5.10 Å². The molecule has 0 unspecified atom stereocenters. The molecular weight excluding hydrogens is 311 g/mol. The zero-order valence-corrected chi connectivity index (χ0v) is 13.9. The molecule has 24 heavy (non-hydrogen) atoms. The number of amides is 1. The molecule has 0 spiro atoms. The SMILES string of the molecule is Cc1nc(C)n(CC(=O)N2CCC(Oc3cccc(F)c3)CC2)n1. The third-order valence-corrected chi connectivity index (χ3v) is 4.14. The van der Waals surface area contributed by atoms with E-state index in [9.17, 15) is 9.18 Å². The molecule has 128 valence electrons. The Kier molecular flexibility index (Phi) is 4.78. The average Bonchev–Trinajstić information content (AvgIpc) is 2.85. The monoisotopic (exact) mass is 332 g/mol. The van der Waals surface area contributed by atoms with Crippen LogP contribution in [0.25, 0.3) is 0 Å². The van der Waals surface area contributed by atoms with Gasteiger partial charge < -0.3 is 9.64 Å². The number of halogens is 1. The number of carbonyl (C=O) groups is 1. The number of benzene rings is 1. The fourth-order valence-corrected chi connectivity index (χ4v) is 2.89. The van der Waals surface area contributed by atoms with Gasteiger partial charge in [0.2, 0.25) is 5.91 Å². The highest BCUT2D eigenvalue weighted by Gasteiger charge is 2.24. The number of carbonyl (C=O) groups excluding carboxylic acids is 1. The molecule has 6 nitrogen and oxygen atoms in total. The Morgan fingerprint density at radius 1 is 1.33 bits per heavy atom. The van der Waals surface area contributed by atoms with Crippen molar-refractivity contribution >= 4 is 5.91 Å². The van der Waals surface area contributed by atoms with E-state index in [0.717, 1.165) is 18.7 Å². The summed E-state index contributed by atoms with van der Waals surface area (Å²) in [6.07, 6.45) is 1.47. The lowest BCUT2D eigenvalue weighted by atomic mass is 10.1. The molecular formula is C17H21FN4O2. The number of hydrogen-bond donors (Lipinski definition) is 0. The Labute approximate surface area is 140 Å². The molecule has 0 atom stereocenters. The first-order valence-electron chi connectivity index (χ1n) is 8.09. The first-order valence-corrected chi connectivity index (χ1v) is 8.09. The van der Waals surface area contributed by atoms with E-state index in [0.29, 0.717) is 24.7 Å². The third kappa shape index (κ3) is 3.90. The van der Waals surface area contributed by atoms with E-state index in [-0.39, 0.29) is 24.4 Å². The Morgan fingerprint density at radius 3 is 2.71 bits per heavy atom. The highest BCUT2D eigenvalue weighted by molar-refractivity contribution is 5.76. The summed E-state index contributed by atoms with van der Waals surface area (Å²) < 4.78 is 20.6. The van der Waals surface area contributed by atoms with E-state index in [1.165, 1.54) is 12.1 Å². The topological polar surface area (TPSA) is 60.2 Å². The van der Waals surface area contributed by atoms with Gasteiger partial charge in [-0.15, -0.1) is 0 Å². The van der Waals surface area contributed by atoms with Crippen LogP contribution in [0.3, 0.4) is 0 Å². The maximum Gasteiger partial charge on any atom is 0.244 e. The largest absolute Gasteiger partial charge is 0.490 e. The van der Waals surface area contributed by atoms with Crippen molar-refractivity contribution in [3.8, 4) is 5.75 Å². The highest BCUT2D eigenvalue weighted by atomic mass is 19.1. The normalized spacial score (nSPS) is 15.5. The Hall–Kier alpha value is -2.44. The van der Waals surface area contributed by atoms with Gasteiger partial charge in [-0.05, 0) is 26.0 Å². The first kappa shape index (κ1) is 16.4. The molecule has 1 aliphatic rings. The van der Waals surface area contributed by atoms with E-state index >= 15 is 0 Å². The lowest BCUT2D eigenvalue weighted by Crippen LogP contribution is -2.43. The van der Waals surface area contributed by atoms with Crippen LogP contribution in [0.5, 0.6) is 5.75 Å². The maximum atomic E-state index is 13.2. The maximum absolute atomic E-state index is 13.2. The fraction of sp³-hybridized carbons (Fsp3) is 0.471. The van der Waals surface area contributed by atoms with Crippen molar-refractivity contribution in [2.45, 2.75) is 39.3 Å². The summed E-state index contributed by atoms with van der Waals surface area (Å²) in [6, 6.07) is 6.15. The van der Waals surface area contributed by atoms with E-state index in [1.807, 2.05) is 18.7 Å². The second-order valence-electron chi connectivity index (χ2n) is 6.02. The molecule has 2 aromatic rings. The zero-order chi connectivity index (χ0) is 17.1. The minimum Gasteiger partial charge on any atom is -0.490 e. The second-order valence-corrected chi connectivity index (χ2v) is 6.02. The van der Waals surface area contributed by atoms with Crippen LogP contribution in [0.2, 0.25) is 0 Å². The lowest BCUT2D eigenvalue weighted by molar-refractivity contribution is -0.133. The van der Waals surface area contributed by atoms with E-state index in [2.05, 4.69) is 10.1 Å². The lowest BCUT2D eigenvalue weighted by Gasteiger charge is -2.32. The first-order chi connectivity index (χ1) is 11.5. The standard InChI is InChI=1S/C17H21FN4O2/c1-12-19-13(2)22(20-12)11-17(23)21-8-6-15(7-9-21)24-16-5-3-4-14(18)10-16/h3-5,10,15H,6-9,11H2,1-2H3. The summed E-state index contributed by atoms with van der Waals surface area (Å²) in [5.41, 5.74) is 0. The molecule has 1 aliphatic heterocycles. The quantitative estimate of drug-likeness (QED) is 0.860. The summed E-state index contributed by atoms with van der Waals surface area (Å²) >= 11 is 0. The number of hydrogen-bond acceptors (Lipinski definition) is 4. The summed E-state index contributed by atoms with van der Waals surface area (Å²) in [5, 5.41) is 4.22. The summed E-state index contributed by atoms with van der Waals surface area (Å²) in [7, 11) is 0. The van der Waals surface area contributed by atoms with Crippen LogP contribution in [0.15, 0.2) is 24.3 Å². The van der Waals surface area contributed by atoms with Crippen LogP contribution in [0, 0.1) is 19.7 Å². The molecule has 0 radical (unpaired) electrons. The van der Waals surface area contributed by atoms with Crippen LogP contribution in [0.4, 0.5) is 4.39 Å². The molecule has 0 saturated carbocycles. The zero-order valence-electron chi connectivity index (χ0n) is 13.9. The Morgan fingerprint density at radius 2 is 2.08 bits per heavy atom. The number of aromatic nitrogens is 3. The molecule has 3 rings (SSSR count). The molecule has 1 aromatic heterocycles. The molecule has 0 bridgehead atoms. The number of likely N-dealkylation sites (tertiary alicyclic amines) is 1. The summed E-state index contributed by atoms with van der Waals surface area (Å²) in [4.78, 5) is 18.4. The minimum absolute atomic E-state index is 0.00574. The van der Waals surface area contributed by atoms with Crippen molar-refractivity contribution in [2.75, 3.05) is 13.1 Å². The van der Waals surface area contributed by atoms with Gasteiger partial charge >= 0.3 is 0 Å². The number of aryl methyl sites for hydroxylation is 2. The van der Waals surface area contributed by atoms with Crippen molar-refractivity contribution in [3.05, 3.63) is 41.7 Å². The predicted octanol–water partition coefficient (Wildman–Crippen LogP) is 2.10. The molecule has 0 N–H and O–H groups in total. The highest BCUT2D eigenvalue weighted by Crippen LogP contribution is 2.20. The smallest absolute Gasteiger partial charge is 0.244 e. The van der Waals surface area contributed by atoms with Gasteiger partial charge in [0, 0.05) is 32.0 Å². The van der Waals surface area contributed by atoms with Gasteiger partial charge in [-0.25, -0.2) is 14.1 Å². The number of nitrogens with zero attached hydrogens (tertiary/aromatic N) is 4. The van der Waals surface area contributed by atoms with Crippen LogP contribution in [-0.4, -0.2) is 44.8 Å². The van der Waals surface area contributed by atoms with Gasteiger partial charge in [0.15, 0.2) is 0 Å². The van der Waals surface area contributed by atoms with Crippen LogP contribution in [0.1, 0.15) is 24.5 Å². The fourth-order valence-electron chi connectivity index (χ4n) is 2.89. The van der Waals surface area contributed by atoms with E-state index in [4.69, 9.17) is 4.74 Å². The van der Waals surface area contributed by atoms with Crippen molar-refractivity contribution in [3.63, 3.8) is 0 Å². The molecule has 0 aliphatic carbocycles. The molecule has 1 amide bonds. The van der Waals surface area contributed by atoms with Gasteiger partial charge in [0.25, 0.3) is 0 Å². The molecule has 7 heteroatoms. The minimum atomic E-state index is -0.307. The summed E-state index contributed by atoms with van der Waals surface area (Å²) in [5.74, 6) is 1.67. The number of rotatable bonds is 4. The van der Waals surface area contributed by atoms with E-state index in [1.54, 1.807) is 16.8 Å². The molecule has 1 fully saturated rings. The molecule has 1 aromatic carbocycles. The van der Waals surface area contributed by atoms with Crippen LogP contribution < -0.4 is 4.74 Å². The Bertz CT molecular complexity index is 723. The predicted molar refractivity (Wildman–Crippen MR) is 86.1 cm³/mol. The number of ether oxygens (including phenoxy) is 1. The van der Waals surface area contributed by atoms with Crippen molar-refractivity contribution in [1.82, 2.24) is 19.7 Å². The van der Waals surface area contributed by atoms with Crippen LogP contribution >= 0.6 is 0 Å². The second kappa shape index (κ2) is 6.98. The van der Waals surface area contributed by atoms with Gasteiger partial charge in [-0.3, -0.25) is 4.79 Å². The third-order valence-electron chi connectivity index (χ3n) is 4.14. The summed E-state index contributed by atoms with van der Waals surface area (Å²) in [6.45, 7) is 5.12. The van der Waals surface area contributed by atoms with Gasteiger partial charge in [-0.1, -0.05) is 6.07 Å². The van der Waals surface area contributed by atoms with Crippen molar-refractivity contribution < 1.29 is 13.9 Å². The van der Waals surface area contributed by atoms with Gasteiger partial charge in [0.1, 0.15) is 35.9 Å². The molecule has 2 heterocycles. The van der Waals surface area contributed by atoms with Crippen molar-refractivity contribution in [1.29, 1.82) is 0 Å².